The van der Waals surface area contributed by atoms with Gasteiger partial charge in [0.25, 0.3) is 0 Å². The molecule has 0 bridgehead atoms. The Labute approximate surface area is 45.8 Å². The molecule has 0 aromatic carbocycles. The van der Waals surface area contributed by atoms with Crippen LogP contribution in [0.4, 0.5) is 0 Å². The largest absolute Gasteiger partial charge is 0.385 e. The molecule has 0 atom stereocenters. The zero-order chi connectivity index (χ0) is 6.15. The first-order chi connectivity index (χ1) is 3.72. The molecule has 0 saturated carbocycles. The molecule has 0 N–H and O–H groups in total. The van der Waals surface area contributed by atoms with Crippen LogP contribution in [0.1, 0.15) is 11.3 Å². The predicted octanol–water partition coefficient (Wildman–Crippen LogP) is 0.850. The van der Waals surface area contributed by atoms with E-state index in [1.54, 1.807) is 13.8 Å². The third kappa shape index (κ3) is 0.559. The van der Waals surface area contributed by atoms with Crippen LogP contribution in [-0.4, -0.2) is 0 Å². The van der Waals surface area contributed by atoms with Crippen LogP contribution in [0, 0.1) is 13.8 Å². The molecule has 8 heavy (non-hydrogen) atoms. The highest BCUT2D eigenvalue weighted by Gasteiger charge is 2.02. The zero-order valence-electron chi connectivity index (χ0n) is 4.72. The van der Waals surface area contributed by atoms with Gasteiger partial charge < -0.3 is 0 Å². The van der Waals surface area contributed by atoms with Gasteiger partial charge in [0.1, 0.15) is 0 Å². The molecule has 0 spiro atoms. The topological polar surface area (TPSA) is 43.4 Å². The fraction of sp³-hybridized carbons (Fsp3) is 0.400. The van der Waals surface area contributed by atoms with E-state index < -0.39 is 0 Å². The van der Waals surface area contributed by atoms with Crippen molar-refractivity contribution in [2.75, 3.05) is 0 Å². The van der Waals surface area contributed by atoms with E-state index in [0.29, 0.717) is 11.3 Å². The second kappa shape index (κ2) is 1.51. The zero-order valence-corrected chi connectivity index (χ0v) is 4.72. The van der Waals surface area contributed by atoms with Crippen LogP contribution < -0.4 is 5.63 Å². The summed E-state index contributed by atoms with van der Waals surface area (Å²) in [6.07, 6.45) is 0. The molecule has 0 fully saturated rings. The normalized spacial score (nSPS) is 9.75. The van der Waals surface area contributed by atoms with Crippen LogP contribution in [-0.2, 0) is 0 Å². The van der Waals surface area contributed by atoms with Gasteiger partial charge in [-0.05, 0) is 13.8 Å². The van der Waals surface area contributed by atoms with Crippen molar-refractivity contribution in [3.63, 3.8) is 0 Å². The average molecular weight is 114 g/mol. The summed E-state index contributed by atoms with van der Waals surface area (Å²) in [5, 5.41) is 0. The third-order valence-electron chi connectivity index (χ3n) is 1.08. The Kier molecular flexibility index (Phi) is 0.970. The van der Waals surface area contributed by atoms with Crippen LogP contribution in [0.15, 0.2) is 13.9 Å². The summed E-state index contributed by atoms with van der Waals surface area (Å²) in [5.74, 6) is 0.551. The van der Waals surface area contributed by atoms with Crippen molar-refractivity contribution < 1.29 is 9.15 Å². The first-order valence-corrected chi connectivity index (χ1v) is 2.28. The van der Waals surface area contributed by atoms with Crippen molar-refractivity contribution >= 4 is 0 Å². The Balaban J connectivity index is 3.41. The molecule has 3 nitrogen and oxygen atoms in total. The Morgan fingerprint density at radius 2 is 1.88 bits per heavy atom. The number of rotatable bonds is 0. The van der Waals surface area contributed by atoms with E-state index in [0.717, 1.165) is 0 Å². The Bertz CT molecular complexity index is 230. The summed E-state index contributed by atoms with van der Waals surface area (Å²) in [7, 11) is 0. The lowest BCUT2D eigenvalue weighted by Crippen LogP contribution is -1.94. The molecule has 0 aliphatic heterocycles. The van der Waals surface area contributed by atoms with Crippen molar-refractivity contribution in [1.82, 2.24) is 0 Å². The van der Waals surface area contributed by atoms with E-state index in [4.69, 9.17) is 0 Å². The summed E-state index contributed by atoms with van der Waals surface area (Å²) >= 11 is 0. The van der Waals surface area contributed by atoms with Gasteiger partial charge in [0.15, 0.2) is 5.76 Å². The van der Waals surface area contributed by atoms with Gasteiger partial charge in [0.05, 0.1) is 5.56 Å². The Hall–Kier alpha value is -0.990. The molecule has 1 aromatic heterocycles. The molecule has 1 aromatic rings. The minimum Gasteiger partial charge on any atom is -0.291 e. The summed E-state index contributed by atoms with van der Waals surface area (Å²) in [5.41, 5.74) is 0.160. The monoisotopic (exact) mass is 114 g/mol. The number of hydrogen-bond acceptors (Lipinski definition) is 3. The van der Waals surface area contributed by atoms with Gasteiger partial charge in [-0.15, -0.1) is 0 Å². The smallest absolute Gasteiger partial charge is 0.291 e. The van der Waals surface area contributed by atoms with Crippen molar-refractivity contribution in [2.45, 2.75) is 13.8 Å². The lowest BCUT2D eigenvalue weighted by atomic mass is 10.3. The molecule has 3 heteroatoms. The first-order valence-electron chi connectivity index (χ1n) is 2.28. The second-order valence-corrected chi connectivity index (χ2v) is 1.64. The van der Waals surface area contributed by atoms with Gasteiger partial charge in [0, 0.05) is 0 Å². The molecular weight excluding hydrogens is 108 g/mol. The lowest BCUT2D eigenvalue weighted by molar-refractivity contribution is 0.0412. The van der Waals surface area contributed by atoms with Crippen LogP contribution in [0.3, 0.4) is 0 Å². The molecule has 0 radical (unpaired) electrons. The molecule has 1 heterocycles. The second-order valence-electron chi connectivity index (χ2n) is 1.64. The highest BCUT2D eigenvalue weighted by atomic mass is 17.0. The molecule has 0 amide bonds. The van der Waals surface area contributed by atoms with Gasteiger partial charge in [-0.3, -0.25) is 4.58 Å². The van der Waals surface area contributed by atoms with E-state index in [1.807, 2.05) is 0 Å². The van der Waals surface area contributed by atoms with Gasteiger partial charge >= 0.3 is 5.63 Å². The minimum atomic E-state index is -0.387. The molecule has 0 saturated heterocycles. The van der Waals surface area contributed by atoms with Gasteiger partial charge in [-0.1, -0.05) is 0 Å². The number of aryl methyl sites for hydroxylation is 1. The van der Waals surface area contributed by atoms with E-state index in [1.165, 1.54) is 0 Å². The summed E-state index contributed by atoms with van der Waals surface area (Å²) in [6, 6.07) is 0. The third-order valence-corrected chi connectivity index (χ3v) is 1.08. The van der Waals surface area contributed by atoms with Gasteiger partial charge in [-0.2, -0.15) is 0 Å². The van der Waals surface area contributed by atoms with Crippen LogP contribution in [0.25, 0.3) is 0 Å². The van der Waals surface area contributed by atoms with Crippen molar-refractivity contribution in [3.8, 4) is 0 Å². The van der Waals surface area contributed by atoms with E-state index in [2.05, 4.69) is 9.15 Å². The van der Waals surface area contributed by atoms with E-state index >= 15 is 0 Å². The fourth-order valence-electron chi connectivity index (χ4n) is 0.369. The molecular formula is C5H6O3. The van der Waals surface area contributed by atoms with Crippen molar-refractivity contribution in [3.05, 3.63) is 21.7 Å². The maximum atomic E-state index is 10.4. The molecule has 1 rings (SSSR count). The molecule has 0 aliphatic rings. The van der Waals surface area contributed by atoms with Crippen molar-refractivity contribution in [1.29, 1.82) is 0 Å². The maximum absolute atomic E-state index is 10.4. The minimum absolute atomic E-state index is 0.387. The summed E-state index contributed by atoms with van der Waals surface area (Å²) in [6.45, 7) is 3.34. The molecule has 0 aliphatic carbocycles. The molecule has 0 unspecified atom stereocenters. The Morgan fingerprint density at radius 3 is 2.00 bits per heavy atom. The fourth-order valence-corrected chi connectivity index (χ4v) is 0.369. The quantitative estimate of drug-likeness (QED) is 0.469. The maximum Gasteiger partial charge on any atom is 0.385 e. The highest BCUT2D eigenvalue weighted by Crippen LogP contribution is 1.97. The van der Waals surface area contributed by atoms with E-state index in [-0.39, 0.29) is 5.63 Å². The Morgan fingerprint density at radius 1 is 1.25 bits per heavy atom. The SMILES string of the molecule is Cc1ooc(=O)c1C. The van der Waals surface area contributed by atoms with E-state index in [9.17, 15) is 4.79 Å². The van der Waals surface area contributed by atoms with Crippen LogP contribution >= 0.6 is 0 Å². The summed E-state index contributed by atoms with van der Waals surface area (Å²) in [4.78, 5) is 10.4. The van der Waals surface area contributed by atoms with Crippen LogP contribution in [0.5, 0.6) is 0 Å². The van der Waals surface area contributed by atoms with Gasteiger partial charge in [-0.25, -0.2) is 9.37 Å². The molecule has 44 valence electrons. The van der Waals surface area contributed by atoms with Gasteiger partial charge in [0.2, 0.25) is 0 Å². The summed E-state index contributed by atoms with van der Waals surface area (Å²) < 4.78 is 8.57. The number of hydrogen-bond donors (Lipinski definition) is 0. The van der Waals surface area contributed by atoms with Crippen molar-refractivity contribution in [2.24, 2.45) is 0 Å². The lowest BCUT2D eigenvalue weighted by Gasteiger charge is -1.71. The average Bonchev–Trinajstić information content (AvgIpc) is 1.98. The van der Waals surface area contributed by atoms with Crippen LogP contribution in [0.2, 0.25) is 0 Å². The first kappa shape index (κ1) is 5.15. The predicted molar refractivity (Wildman–Crippen MR) is 26.7 cm³/mol. The highest BCUT2D eigenvalue weighted by molar-refractivity contribution is 5.06. The standard InChI is InChI=1S/C5H6O3/c1-3-4(2)7-8-5(3)6/h1-2H3.